The van der Waals surface area contributed by atoms with Gasteiger partial charge in [0.2, 0.25) is 0 Å². The molecule has 0 aliphatic heterocycles. The van der Waals surface area contributed by atoms with Gasteiger partial charge in [-0.1, -0.05) is 11.6 Å². The van der Waals surface area contributed by atoms with Crippen LogP contribution in [0.1, 0.15) is 5.76 Å². The van der Waals surface area contributed by atoms with E-state index < -0.39 is 10.5 Å². The third-order valence-electron chi connectivity index (χ3n) is 2.03. The van der Waals surface area contributed by atoms with Crippen molar-refractivity contribution < 1.29 is 9.34 Å². The van der Waals surface area contributed by atoms with Crippen LogP contribution in [0.15, 0.2) is 33.7 Å². The predicted molar refractivity (Wildman–Crippen MR) is 58.0 cm³/mol. The van der Waals surface area contributed by atoms with E-state index in [1.165, 1.54) is 29.1 Å². The molecule has 0 aliphatic rings. The molecule has 0 saturated carbocycles. The van der Waals surface area contributed by atoms with Crippen LogP contribution >= 0.6 is 11.6 Å². The Bertz CT molecular complexity index is 619. The highest BCUT2D eigenvalue weighted by Crippen LogP contribution is 2.16. The fourth-order valence-electron chi connectivity index (χ4n) is 1.26. The molecule has 0 aliphatic carbocycles. The zero-order valence-electron chi connectivity index (χ0n) is 8.37. The van der Waals surface area contributed by atoms with E-state index in [9.17, 15) is 14.9 Å². The molecule has 0 aromatic carbocycles. The quantitative estimate of drug-likeness (QED) is 0.611. The molecule has 7 nitrogen and oxygen atoms in total. The SMILES string of the molecule is O=c1c(Cl)nccn1Cc1ccc([N+](=O)[O-])o1. The second kappa shape index (κ2) is 4.38. The second-order valence-corrected chi connectivity index (χ2v) is 3.51. The van der Waals surface area contributed by atoms with Crippen molar-refractivity contribution in [2.24, 2.45) is 0 Å². The van der Waals surface area contributed by atoms with Crippen molar-refractivity contribution >= 4 is 17.5 Å². The fraction of sp³-hybridized carbons (Fsp3) is 0.111. The van der Waals surface area contributed by atoms with E-state index >= 15 is 0 Å². The summed E-state index contributed by atoms with van der Waals surface area (Å²) in [6, 6.07) is 2.65. The lowest BCUT2D eigenvalue weighted by molar-refractivity contribution is -0.402. The van der Waals surface area contributed by atoms with Gasteiger partial charge in [0.05, 0.1) is 12.6 Å². The number of aromatic nitrogens is 2. The van der Waals surface area contributed by atoms with Crippen molar-refractivity contribution in [1.29, 1.82) is 0 Å². The molecule has 0 unspecified atom stereocenters. The van der Waals surface area contributed by atoms with E-state index in [2.05, 4.69) is 4.98 Å². The molecule has 2 aromatic rings. The summed E-state index contributed by atoms with van der Waals surface area (Å²) in [5, 5.41) is 10.2. The van der Waals surface area contributed by atoms with Crippen molar-refractivity contribution in [3.8, 4) is 0 Å². The monoisotopic (exact) mass is 255 g/mol. The van der Waals surface area contributed by atoms with Gasteiger partial charge in [-0.2, -0.15) is 0 Å². The topological polar surface area (TPSA) is 91.2 Å². The summed E-state index contributed by atoms with van der Waals surface area (Å²) in [5.41, 5.74) is -0.479. The third kappa shape index (κ3) is 2.34. The van der Waals surface area contributed by atoms with Gasteiger partial charge in [-0.3, -0.25) is 14.9 Å². The van der Waals surface area contributed by atoms with Crippen LogP contribution in [0.3, 0.4) is 0 Å². The van der Waals surface area contributed by atoms with Crippen molar-refractivity contribution in [1.82, 2.24) is 9.55 Å². The standard InChI is InChI=1S/C9H6ClN3O4/c10-8-9(14)12(4-3-11-8)5-6-1-2-7(17-6)13(15)16/h1-4H,5H2. The highest BCUT2D eigenvalue weighted by molar-refractivity contribution is 6.29. The van der Waals surface area contributed by atoms with Crippen LogP contribution in [0.25, 0.3) is 0 Å². The Morgan fingerprint density at radius 3 is 2.94 bits per heavy atom. The molecule has 88 valence electrons. The van der Waals surface area contributed by atoms with Gasteiger partial charge in [0.1, 0.15) is 10.7 Å². The van der Waals surface area contributed by atoms with E-state index in [0.29, 0.717) is 5.76 Å². The Hall–Kier alpha value is -2.15. The first kappa shape index (κ1) is 11.3. The number of nitro groups is 1. The molecule has 2 aromatic heterocycles. The average molecular weight is 256 g/mol. The Morgan fingerprint density at radius 1 is 1.53 bits per heavy atom. The maximum Gasteiger partial charge on any atom is 0.433 e. The lowest BCUT2D eigenvalue weighted by Gasteiger charge is -2.01. The normalized spacial score (nSPS) is 10.4. The van der Waals surface area contributed by atoms with Crippen LogP contribution in [-0.4, -0.2) is 14.5 Å². The van der Waals surface area contributed by atoms with E-state index in [0.717, 1.165) is 0 Å². The third-order valence-corrected chi connectivity index (χ3v) is 2.28. The van der Waals surface area contributed by atoms with Crippen LogP contribution in [0.4, 0.5) is 5.88 Å². The summed E-state index contributed by atoms with van der Waals surface area (Å²) in [7, 11) is 0. The first-order valence-corrected chi connectivity index (χ1v) is 4.90. The fourth-order valence-corrected chi connectivity index (χ4v) is 1.43. The minimum atomic E-state index is -0.647. The molecule has 0 atom stereocenters. The zero-order chi connectivity index (χ0) is 12.4. The molecule has 0 spiro atoms. The molecular weight excluding hydrogens is 250 g/mol. The van der Waals surface area contributed by atoms with Crippen molar-refractivity contribution in [3.05, 3.63) is 55.9 Å². The summed E-state index contributed by atoms with van der Waals surface area (Å²) in [6.45, 7) is 0.0644. The minimum Gasteiger partial charge on any atom is -0.404 e. The van der Waals surface area contributed by atoms with Gasteiger partial charge >= 0.3 is 5.88 Å². The van der Waals surface area contributed by atoms with Crippen molar-refractivity contribution in [2.75, 3.05) is 0 Å². The van der Waals surface area contributed by atoms with Gasteiger partial charge in [-0.15, -0.1) is 0 Å². The second-order valence-electron chi connectivity index (χ2n) is 3.15. The Balaban J connectivity index is 2.28. The van der Waals surface area contributed by atoms with Gasteiger partial charge in [0.15, 0.2) is 5.15 Å². The lowest BCUT2D eigenvalue weighted by atomic mass is 10.4. The maximum absolute atomic E-state index is 11.5. The summed E-state index contributed by atoms with van der Waals surface area (Å²) < 4.78 is 6.17. The van der Waals surface area contributed by atoms with Crippen LogP contribution in [0.5, 0.6) is 0 Å². The minimum absolute atomic E-state index is 0.0644. The number of hydrogen-bond donors (Lipinski definition) is 0. The van der Waals surface area contributed by atoms with E-state index in [-0.39, 0.29) is 17.6 Å². The molecule has 0 saturated heterocycles. The Labute approximate surface area is 99.4 Å². The molecule has 0 radical (unpaired) electrons. The van der Waals surface area contributed by atoms with Crippen LogP contribution in [0, 0.1) is 10.1 Å². The van der Waals surface area contributed by atoms with E-state index in [1.54, 1.807) is 0 Å². The highest BCUT2D eigenvalue weighted by atomic mass is 35.5. The summed E-state index contributed by atoms with van der Waals surface area (Å²) in [6.07, 6.45) is 2.78. The highest BCUT2D eigenvalue weighted by Gasteiger charge is 2.12. The van der Waals surface area contributed by atoms with Gasteiger partial charge in [-0.05, 0) is 6.07 Å². The average Bonchev–Trinajstić information content (AvgIpc) is 2.73. The van der Waals surface area contributed by atoms with Crippen molar-refractivity contribution in [2.45, 2.75) is 6.54 Å². The number of halogens is 1. The molecule has 8 heteroatoms. The van der Waals surface area contributed by atoms with E-state index in [1.807, 2.05) is 0 Å². The summed E-state index contributed by atoms with van der Waals surface area (Å²) in [4.78, 5) is 24.9. The number of furan rings is 1. The summed E-state index contributed by atoms with van der Waals surface area (Å²) >= 11 is 5.55. The Kier molecular flexibility index (Phi) is 2.92. The van der Waals surface area contributed by atoms with Gasteiger partial charge in [0.25, 0.3) is 5.56 Å². The maximum atomic E-state index is 11.5. The van der Waals surface area contributed by atoms with Gasteiger partial charge in [-0.25, -0.2) is 4.98 Å². The molecule has 2 heterocycles. The number of rotatable bonds is 3. The smallest absolute Gasteiger partial charge is 0.404 e. The molecule has 17 heavy (non-hydrogen) atoms. The first-order chi connectivity index (χ1) is 8.08. The first-order valence-electron chi connectivity index (χ1n) is 4.52. The van der Waals surface area contributed by atoms with Gasteiger partial charge < -0.3 is 8.98 Å². The summed E-state index contributed by atoms with van der Waals surface area (Å²) in [5.74, 6) is -0.0748. The predicted octanol–water partition coefficient (Wildman–Crippen LogP) is 1.45. The molecular formula is C9H6ClN3O4. The number of nitrogens with zero attached hydrogens (tertiary/aromatic N) is 3. The largest absolute Gasteiger partial charge is 0.433 e. The molecule has 0 amide bonds. The number of hydrogen-bond acceptors (Lipinski definition) is 5. The Morgan fingerprint density at radius 2 is 2.29 bits per heavy atom. The molecule has 0 fully saturated rings. The zero-order valence-corrected chi connectivity index (χ0v) is 9.13. The van der Waals surface area contributed by atoms with Crippen LogP contribution in [-0.2, 0) is 6.54 Å². The van der Waals surface area contributed by atoms with Crippen molar-refractivity contribution in [3.63, 3.8) is 0 Å². The molecule has 0 N–H and O–H groups in total. The molecule has 0 bridgehead atoms. The van der Waals surface area contributed by atoms with Crippen LogP contribution in [0.2, 0.25) is 5.15 Å². The lowest BCUT2D eigenvalue weighted by Crippen LogP contribution is -2.20. The molecule has 2 rings (SSSR count). The van der Waals surface area contributed by atoms with Gasteiger partial charge in [0, 0.05) is 12.4 Å². The van der Waals surface area contributed by atoms with E-state index in [4.69, 9.17) is 16.0 Å². The van der Waals surface area contributed by atoms with Crippen LogP contribution < -0.4 is 5.56 Å².